The maximum absolute atomic E-state index is 11.2. The average Bonchev–Trinajstić information content (AvgIpc) is 2.86. The van der Waals surface area contributed by atoms with Gasteiger partial charge in [-0.15, -0.1) is 0 Å². The molecule has 3 rings (SSSR count). The average molecular weight is 182 g/mol. The molecule has 68 valence electrons. The van der Waals surface area contributed by atoms with Gasteiger partial charge < -0.3 is 0 Å². The van der Waals surface area contributed by atoms with E-state index in [1.54, 1.807) is 6.92 Å². The molecule has 0 N–H and O–H groups in total. The first-order valence-electron chi connectivity index (χ1n) is 4.80. The van der Waals surface area contributed by atoms with Gasteiger partial charge in [0.1, 0.15) is 5.78 Å². The van der Waals surface area contributed by atoms with Crippen molar-refractivity contribution >= 4 is 16.6 Å². The fraction of sp³-hybridized carbons (Fsp3) is 0.154. The van der Waals surface area contributed by atoms with Crippen LogP contribution in [0.25, 0.3) is 10.8 Å². The molecular weight excluding hydrogens is 172 g/mol. The Kier molecular flexibility index (Phi) is 1.35. The van der Waals surface area contributed by atoms with Gasteiger partial charge in [-0.1, -0.05) is 24.3 Å². The van der Waals surface area contributed by atoms with Gasteiger partial charge in [-0.3, -0.25) is 4.79 Å². The molecule has 0 saturated heterocycles. The quantitative estimate of drug-likeness (QED) is 0.662. The molecular formula is C13H10O. The van der Waals surface area contributed by atoms with E-state index >= 15 is 0 Å². The summed E-state index contributed by atoms with van der Waals surface area (Å²) in [5.74, 6) is 0.359. The molecule has 1 aliphatic rings. The summed E-state index contributed by atoms with van der Waals surface area (Å²) < 4.78 is 0. The molecule has 2 aromatic carbocycles. The summed E-state index contributed by atoms with van der Waals surface area (Å²) in [4.78, 5) is 11.2. The minimum absolute atomic E-state index is 0.0994. The highest BCUT2D eigenvalue weighted by atomic mass is 16.1. The molecule has 1 aliphatic carbocycles. The summed E-state index contributed by atoms with van der Waals surface area (Å²) in [7, 11) is 0. The van der Waals surface area contributed by atoms with Gasteiger partial charge in [-0.2, -0.15) is 0 Å². The summed E-state index contributed by atoms with van der Waals surface area (Å²) >= 11 is 0. The summed E-state index contributed by atoms with van der Waals surface area (Å²) in [5, 5.41) is 2.46. The van der Waals surface area contributed by atoms with Crippen molar-refractivity contribution in [3.63, 3.8) is 0 Å². The summed E-state index contributed by atoms with van der Waals surface area (Å²) in [6.07, 6.45) is 0. The Morgan fingerprint density at radius 2 is 1.57 bits per heavy atom. The minimum atomic E-state index is 0.0994. The van der Waals surface area contributed by atoms with Gasteiger partial charge in [0.05, 0.1) is 5.92 Å². The standard InChI is InChI=1S/C13H10O/c1-8(14)13-11-6-9-4-2-3-5-10(9)7-12(11)13/h2-7,13H,1H3. The van der Waals surface area contributed by atoms with E-state index in [2.05, 4.69) is 24.3 Å². The normalized spacial score (nSPS) is 14.1. The Labute approximate surface area is 82.4 Å². The zero-order valence-electron chi connectivity index (χ0n) is 7.95. The van der Waals surface area contributed by atoms with Crippen LogP contribution in [0.15, 0.2) is 36.4 Å². The van der Waals surface area contributed by atoms with Crippen LogP contribution in [0.4, 0.5) is 0 Å². The van der Waals surface area contributed by atoms with Crippen molar-refractivity contribution in [1.29, 1.82) is 0 Å². The molecule has 0 aliphatic heterocycles. The lowest BCUT2D eigenvalue weighted by Crippen LogP contribution is -1.89. The van der Waals surface area contributed by atoms with Gasteiger partial charge in [0.2, 0.25) is 0 Å². The van der Waals surface area contributed by atoms with Crippen molar-refractivity contribution in [2.24, 2.45) is 0 Å². The number of hydrogen-bond acceptors (Lipinski definition) is 1. The van der Waals surface area contributed by atoms with Crippen LogP contribution in [0.3, 0.4) is 0 Å². The number of ketones is 1. The highest BCUT2D eigenvalue weighted by Crippen LogP contribution is 2.45. The molecule has 0 bridgehead atoms. The van der Waals surface area contributed by atoms with Gasteiger partial charge >= 0.3 is 0 Å². The lowest BCUT2D eigenvalue weighted by molar-refractivity contribution is -0.116. The fourth-order valence-electron chi connectivity index (χ4n) is 2.14. The second kappa shape index (κ2) is 2.44. The van der Waals surface area contributed by atoms with Crippen molar-refractivity contribution in [2.45, 2.75) is 12.8 Å². The summed E-state index contributed by atoms with van der Waals surface area (Å²) in [5.41, 5.74) is 2.44. The largest absolute Gasteiger partial charge is 0.299 e. The van der Waals surface area contributed by atoms with E-state index in [1.165, 1.54) is 21.9 Å². The number of benzene rings is 2. The number of carbonyl (C=O) groups excluding carboxylic acids is 1. The highest BCUT2D eigenvalue weighted by molar-refractivity contribution is 5.98. The first-order valence-corrected chi connectivity index (χ1v) is 4.80. The molecule has 14 heavy (non-hydrogen) atoms. The SMILES string of the molecule is CC(=O)C1c2cc3ccccc3cc21. The second-order valence-electron chi connectivity index (χ2n) is 3.87. The van der Waals surface area contributed by atoms with Crippen molar-refractivity contribution in [3.8, 4) is 0 Å². The molecule has 0 spiro atoms. The first-order chi connectivity index (χ1) is 6.77. The van der Waals surface area contributed by atoms with Gasteiger partial charge in [-0.25, -0.2) is 0 Å². The third-order valence-corrected chi connectivity index (χ3v) is 2.90. The molecule has 0 heterocycles. The van der Waals surface area contributed by atoms with E-state index < -0.39 is 0 Å². The third-order valence-electron chi connectivity index (χ3n) is 2.90. The fourth-order valence-corrected chi connectivity index (χ4v) is 2.14. The molecule has 0 atom stereocenters. The van der Waals surface area contributed by atoms with E-state index in [0.29, 0.717) is 0 Å². The van der Waals surface area contributed by atoms with Gasteiger partial charge in [0.15, 0.2) is 0 Å². The molecule has 0 unspecified atom stereocenters. The lowest BCUT2D eigenvalue weighted by Gasteiger charge is -1.92. The molecule has 1 nitrogen and oxygen atoms in total. The Hall–Kier alpha value is -1.63. The van der Waals surface area contributed by atoms with Crippen LogP contribution in [0.2, 0.25) is 0 Å². The monoisotopic (exact) mass is 182 g/mol. The maximum Gasteiger partial charge on any atom is 0.141 e. The number of rotatable bonds is 1. The Morgan fingerprint density at radius 3 is 2.00 bits per heavy atom. The number of carbonyl (C=O) groups is 1. The Bertz CT molecular complexity index is 497. The molecule has 0 aromatic heterocycles. The highest BCUT2D eigenvalue weighted by Gasteiger charge is 2.36. The zero-order chi connectivity index (χ0) is 9.71. The molecule has 2 aromatic rings. The topological polar surface area (TPSA) is 17.1 Å². The molecule has 0 saturated carbocycles. The predicted molar refractivity (Wildman–Crippen MR) is 56.5 cm³/mol. The van der Waals surface area contributed by atoms with Crippen LogP contribution in [0, 0.1) is 0 Å². The lowest BCUT2D eigenvalue weighted by atomic mass is 10.1. The van der Waals surface area contributed by atoms with Crippen molar-refractivity contribution in [1.82, 2.24) is 0 Å². The maximum atomic E-state index is 11.2. The van der Waals surface area contributed by atoms with E-state index in [-0.39, 0.29) is 11.7 Å². The van der Waals surface area contributed by atoms with Gasteiger partial charge in [0, 0.05) is 0 Å². The zero-order valence-corrected chi connectivity index (χ0v) is 7.95. The van der Waals surface area contributed by atoms with Crippen LogP contribution in [0.5, 0.6) is 0 Å². The van der Waals surface area contributed by atoms with Crippen LogP contribution < -0.4 is 0 Å². The predicted octanol–water partition coefficient (Wildman–Crippen LogP) is 2.87. The van der Waals surface area contributed by atoms with Crippen molar-refractivity contribution < 1.29 is 4.79 Å². The third kappa shape index (κ3) is 0.925. The van der Waals surface area contributed by atoms with Crippen LogP contribution in [-0.2, 0) is 4.79 Å². The van der Waals surface area contributed by atoms with Crippen molar-refractivity contribution in [3.05, 3.63) is 47.5 Å². The summed E-state index contributed by atoms with van der Waals surface area (Å²) in [6.45, 7) is 1.66. The second-order valence-corrected chi connectivity index (χ2v) is 3.87. The first kappa shape index (κ1) is 7.74. The summed E-state index contributed by atoms with van der Waals surface area (Å²) in [6, 6.07) is 12.5. The van der Waals surface area contributed by atoms with Gasteiger partial charge in [-0.05, 0) is 41.0 Å². The number of Topliss-reactive ketones (excluding diaryl/α,β-unsaturated/α-hetero) is 1. The number of hydrogen-bond donors (Lipinski definition) is 0. The molecule has 0 fully saturated rings. The van der Waals surface area contributed by atoms with E-state index in [4.69, 9.17) is 0 Å². The van der Waals surface area contributed by atoms with E-state index in [0.717, 1.165) is 0 Å². The number of fused-ring (bicyclic) bond motifs is 2. The van der Waals surface area contributed by atoms with E-state index in [9.17, 15) is 4.79 Å². The smallest absolute Gasteiger partial charge is 0.141 e. The minimum Gasteiger partial charge on any atom is -0.299 e. The molecule has 0 amide bonds. The van der Waals surface area contributed by atoms with Crippen LogP contribution in [0.1, 0.15) is 24.0 Å². The Balaban J connectivity index is 2.22. The molecule has 1 heteroatoms. The van der Waals surface area contributed by atoms with E-state index in [1.807, 2.05) is 12.1 Å². The Morgan fingerprint density at radius 1 is 1.07 bits per heavy atom. The molecule has 0 radical (unpaired) electrons. The van der Waals surface area contributed by atoms with Gasteiger partial charge in [0.25, 0.3) is 0 Å². The van der Waals surface area contributed by atoms with Crippen LogP contribution >= 0.6 is 0 Å². The van der Waals surface area contributed by atoms with Crippen LogP contribution in [-0.4, -0.2) is 5.78 Å². The van der Waals surface area contributed by atoms with Crippen molar-refractivity contribution in [2.75, 3.05) is 0 Å².